The second kappa shape index (κ2) is 6.91. The van der Waals surface area contributed by atoms with E-state index in [1.54, 1.807) is 11.4 Å². The van der Waals surface area contributed by atoms with Crippen molar-refractivity contribution in [1.82, 2.24) is 0 Å². The summed E-state index contributed by atoms with van der Waals surface area (Å²) in [6, 6.07) is 0. The lowest BCUT2D eigenvalue weighted by Gasteiger charge is -2.29. The van der Waals surface area contributed by atoms with E-state index in [4.69, 9.17) is 16.3 Å². The van der Waals surface area contributed by atoms with Crippen molar-refractivity contribution in [3.8, 4) is 0 Å². The van der Waals surface area contributed by atoms with Crippen LogP contribution in [0.5, 0.6) is 0 Å². The van der Waals surface area contributed by atoms with Gasteiger partial charge in [-0.05, 0) is 37.5 Å². The highest BCUT2D eigenvalue weighted by Gasteiger charge is 2.27. The number of rotatable bonds is 4. The molecule has 2 saturated carbocycles. The smallest absolute Gasteiger partial charge is 0.245 e. The second-order valence-corrected chi connectivity index (χ2v) is 11.5. The highest BCUT2D eigenvalue weighted by molar-refractivity contribution is 8.67. The molecular formula is C12H23O2PS2. The molecule has 0 aromatic rings. The Kier molecular flexibility index (Phi) is 5.82. The average Bonchev–Trinajstić information content (AvgIpc) is 2.30. The lowest BCUT2D eigenvalue weighted by atomic mass is 9.98. The molecule has 0 spiro atoms. The fourth-order valence-corrected chi connectivity index (χ4v) is 8.04. The molecule has 1 atom stereocenters. The first-order valence-corrected chi connectivity index (χ1v) is 11.0. The van der Waals surface area contributed by atoms with E-state index in [1.807, 2.05) is 0 Å². The summed E-state index contributed by atoms with van der Waals surface area (Å²) in [6.45, 7) is 0. The molecule has 0 radical (unpaired) electrons. The van der Waals surface area contributed by atoms with Crippen LogP contribution in [-0.2, 0) is 16.3 Å². The maximum Gasteiger partial charge on any atom is 0.245 e. The Morgan fingerprint density at radius 1 is 0.941 bits per heavy atom. The Morgan fingerprint density at radius 3 is 2.06 bits per heavy atom. The Morgan fingerprint density at radius 2 is 1.47 bits per heavy atom. The zero-order valence-corrected chi connectivity index (χ0v) is 12.9. The van der Waals surface area contributed by atoms with Crippen LogP contribution < -0.4 is 0 Å². The summed E-state index contributed by atoms with van der Waals surface area (Å²) in [5, 5.41) is 0.545. The third kappa shape index (κ3) is 5.20. The number of hydrogen-bond acceptors (Lipinski definition) is 3. The highest BCUT2D eigenvalue weighted by atomic mass is 32.9. The van der Waals surface area contributed by atoms with Crippen LogP contribution in [0.1, 0.15) is 64.2 Å². The van der Waals surface area contributed by atoms with Gasteiger partial charge in [-0.1, -0.05) is 49.9 Å². The first-order chi connectivity index (χ1) is 8.16. The van der Waals surface area contributed by atoms with E-state index in [0.29, 0.717) is 5.25 Å². The summed E-state index contributed by atoms with van der Waals surface area (Å²) in [4.78, 5) is 10.3. The Hall–Kier alpha value is 0.920. The van der Waals surface area contributed by atoms with Gasteiger partial charge in [0.2, 0.25) is 5.69 Å². The van der Waals surface area contributed by atoms with Crippen LogP contribution in [0.2, 0.25) is 0 Å². The Bertz CT molecular complexity index is 250. The predicted octanol–water partition coefficient (Wildman–Crippen LogP) is 4.62. The van der Waals surface area contributed by atoms with E-state index in [1.165, 1.54) is 51.4 Å². The zero-order chi connectivity index (χ0) is 12.1. The SMILES string of the molecule is OP(=S)(OC1CCCCC1)SC1CCCCC1. The molecule has 1 N–H and O–H groups in total. The molecule has 2 rings (SSSR count). The molecule has 2 nitrogen and oxygen atoms in total. The first-order valence-electron chi connectivity index (χ1n) is 6.85. The van der Waals surface area contributed by atoms with Gasteiger partial charge in [0.05, 0.1) is 6.10 Å². The van der Waals surface area contributed by atoms with Crippen LogP contribution >= 0.6 is 17.1 Å². The van der Waals surface area contributed by atoms with Crippen molar-refractivity contribution in [3.05, 3.63) is 0 Å². The number of hydrogen-bond donors (Lipinski definition) is 1. The second-order valence-electron chi connectivity index (χ2n) is 5.20. The normalized spacial score (nSPS) is 27.8. The maximum absolute atomic E-state index is 10.3. The fourth-order valence-electron chi connectivity index (χ4n) is 2.74. The van der Waals surface area contributed by atoms with E-state index in [9.17, 15) is 4.89 Å². The van der Waals surface area contributed by atoms with Crippen molar-refractivity contribution in [2.24, 2.45) is 0 Å². The Balaban J connectivity index is 1.78. The molecule has 0 heterocycles. The summed E-state index contributed by atoms with van der Waals surface area (Å²) in [5.41, 5.74) is -2.58. The summed E-state index contributed by atoms with van der Waals surface area (Å²) in [5.74, 6) is 0. The van der Waals surface area contributed by atoms with Gasteiger partial charge in [-0.25, -0.2) is 0 Å². The van der Waals surface area contributed by atoms with Crippen LogP contribution in [0.25, 0.3) is 0 Å². The van der Waals surface area contributed by atoms with Gasteiger partial charge >= 0.3 is 0 Å². The van der Waals surface area contributed by atoms with E-state index >= 15 is 0 Å². The van der Waals surface area contributed by atoms with E-state index < -0.39 is 5.69 Å². The van der Waals surface area contributed by atoms with Crippen molar-refractivity contribution in [3.63, 3.8) is 0 Å². The van der Waals surface area contributed by atoms with Crippen molar-refractivity contribution < 1.29 is 9.42 Å². The molecule has 0 amide bonds. The molecule has 17 heavy (non-hydrogen) atoms. The quantitative estimate of drug-likeness (QED) is 0.766. The monoisotopic (exact) mass is 294 g/mol. The molecule has 2 aliphatic rings. The minimum atomic E-state index is -2.58. The third-order valence-electron chi connectivity index (χ3n) is 3.67. The van der Waals surface area contributed by atoms with Crippen molar-refractivity contribution in [2.75, 3.05) is 0 Å². The van der Waals surface area contributed by atoms with Gasteiger partial charge in [0, 0.05) is 5.25 Å². The average molecular weight is 294 g/mol. The van der Waals surface area contributed by atoms with E-state index in [-0.39, 0.29) is 6.10 Å². The summed E-state index contributed by atoms with van der Waals surface area (Å²) >= 11 is 6.89. The van der Waals surface area contributed by atoms with Crippen LogP contribution in [0.4, 0.5) is 0 Å². The molecule has 0 aromatic heterocycles. The van der Waals surface area contributed by atoms with Crippen LogP contribution in [0.3, 0.4) is 0 Å². The first kappa shape index (κ1) is 14.3. The molecule has 1 unspecified atom stereocenters. The molecule has 100 valence electrons. The van der Waals surface area contributed by atoms with Gasteiger partial charge in [0.25, 0.3) is 0 Å². The van der Waals surface area contributed by atoms with Gasteiger partial charge < -0.3 is 9.42 Å². The summed E-state index contributed by atoms with van der Waals surface area (Å²) in [7, 11) is 0. The topological polar surface area (TPSA) is 29.5 Å². The summed E-state index contributed by atoms with van der Waals surface area (Å²) in [6.07, 6.45) is 12.5. The summed E-state index contributed by atoms with van der Waals surface area (Å²) < 4.78 is 5.83. The zero-order valence-electron chi connectivity index (χ0n) is 10.3. The lowest BCUT2D eigenvalue weighted by molar-refractivity contribution is 0.161. The fraction of sp³-hybridized carbons (Fsp3) is 1.00. The van der Waals surface area contributed by atoms with Gasteiger partial charge in [-0.2, -0.15) is 0 Å². The highest BCUT2D eigenvalue weighted by Crippen LogP contribution is 2.61. The Labute approximate surface area is 114 Å². The molecule has 0 aliphatic heterocycles. The molecule has 2 fully saturated rings. The van der Waals surface area contributed by atoms with Crippen molar-refractivity contribution in [2.45, 2.75) is 75.6 Å². The van der Waals surface area contributed by atoms with Gasteiger partial charge in [0.15, 0.2) is 0 Å². The van der Waals surface area contributed by atoms with Crippen molar-refractivity contribution in [1.29, 1.82) is 0 Å². The third-order valence-corrected chi connectivity index (χ3v) is 8.25. The molecule has 0 saturated heterocycles. The van der Waals surface area contributed by atoms with Gasteiger partial charge in [-0.15, -0.1) is 0 Å². The largest absolute Gasteiger partial charge is 0.337 e. The van der Waals surface area contributed by atoms with Crippen molar-refractivity contribution >= 4 is 28.9 Å². The minimum absolute atomic E-state index is 0.232. The molecule has 2 aliphatic carbocycles. The van der Waals surface area contributed by atoms with Crippen LogP contribution in [-0.4, -0.2) is 16.2 Å². The minimum Gasteiger partial charge on any atom is -0.337 e. The van der Waals surface area contributed by atoms with E-state index in [0.717, 1.165) is 12.8 Å². The standard InChI is InChI=1S/C12H23O2PS2/c13-15(16,14-11-7-3-1-4-8-11)17-12-9-5-2-6-10-12/h11-12H,1-10H2,(H,13,16). The maximum atomic E-state index is 10.3. The van der Waals surface area contributed by atoms with Crippen LogP contribution in [0.15, 0.2) is 0 Å². The molecule has 0 aromatic carbocycles. The van der Waals surface area contributed by atoms with E-state index in [2.05, 4.69) is 0 Å². The molecule has 0 bridgehead atoms. The van der Waals surface area contributed by atoms with Gasteiger partial charge in [-0.3, -0.25) is 0 Å². The van der Waals surface area contributed by atoms with Crippen LogP contribution in [0, 0.1) is 0 Å². The molecular weight excluding hydrogens is 271 g/mol. The lowest BCUT2D eigenvalue weighted by Crippen LogP contribution is -2.15. The molecule has 5 heteroatoms. The van der Waals surface area contributed by atoms with Gasteiger partial charge in [0.1, 0.15) is 0 Å². The predicted molar refractivity (Wildman–Crippen MR) is 78.9 cm³/mol.